The topological polar surface area (TPSA) is 66.4 Å². The van der Waals surface area contributed by atoms with Gasteiger partial charge < -0.3 is 10.4 Å². The van der Waals surface area contributed by atoms with Gasteiger partial charge in [0.15, 0.2) is 5.78 Å². The number of ketones is 1. The number of nitrogens with one attached hydrogen (secondary N) is 1. The summed E-state index contributed by atoms with van der Waals surface area (Å²) in [5.74, 6) is -4.74. The zero-order chi connectivity index (χ0) is 12.3. The lowest BCUT2D eigenvalue weighted by atomic mass is 10.1. The van der Waals surface area contributed by atoms with Gasteiger partial charge in [0.25, 0.3) is 0 Å². The van der Waals surface area contributed by atoms with E-state index in [-0.39, 0.29) is 12.1 Å². The third kappa shape index (κ3) is 2.40. The number of rotatable bonds is 4. The molecule has 0 aliphatic carbocycles. The van der Waals surface area contributed by atoms with Crippen LogP contribution in [0.25, 0.3) is 0 Å². The summed E-state index contributed by atoms with van der Waals surface area (Å²) < 4.78 is 26.3. The Balaban J connectivity index is 3.19. The first-order valence-electron chi connectivity index (χ1n) is 4.37. The van der Waals surface area contributed by atoms with Gasteiger partial charge in [-0.3, -0.25) is 4.79 Å². The molecule has 0 saturated heterocycles. The molecule has 0 heterocycles. The van der Waals surface area contributed by atoms with Crippen molar-refractivity contribution in [3.8, 4) is 0 Å². The van der Waals surface area contributed by atoms with Crippen LogP contribution in [0.15, 0.2) is 12.1 Å². The predicted octanol–water partition coefficient (Wildman–Crippen LogP) is 1.07. The Morgan fingerprint density at radius 1 is 1.31 bits per heavy atom. The molecule has 86 valence electrons. The van der Waals surface area contributed by atoms with Crippen molar-refractivity contribution in [1.82, 2.24) is 5.32 Å². The minimum atomic E-state index is -1.71. The zero-order valence-corrected chi connectivity index (χ0v) is 8.38. The van der Waals surface area contributed by atoms with Crippen LogP contribution in [-0.2, 0) is 0 Å². The third-order valence-electron chi connectivity index (χ3n) is 1.92. The molecular formula is C10H9F2NO3. The molecule has 0 amide bonds. The van der Waals surface area contributed by atoms with Gasteiger partial charge in [-0.1, -0.05) is 0 Å². The fraction of sp³-hybridized carbons (Fsp3) is 0.200. The summed E-state index contributed by atoms with van der Waals surface area (Å²) in [6, 6.07) is 1.43. The molecule has 0 atom stereocenters. The first-order chi connectivity index (χ1) is 7.47. The van der Waals surface area contributed by atoms with Crippen LogP contribution >= 0.6 is 0 Å². The Morgan fingerprint density at radius 3 is 2.19 bits per heavy atom. The van der Waals surface area contributed by atoms with E-state index in [0.717, 1.165) is 0 Å². The molecule has 16 heavy (non-hydrogen) atoms. The highest BCUT2D eigenvalue weighted by atomic mass is 19.1. The van der Waals surface area contributed by atoms with Gasteiger partial charge in [0, 0.05) is 5.56 Å². The van der Waals surface area contributed by atoms with E-state index in [1.807, 2.05) is 0 Å². The number of carboxylic acid groups (broad SMARTS) is 1. The Labute approximate surface area is 89.9 Å². The number of carbonyl (C=O) groups excluding carboxylic acids is 1. The Bertz CT molecular complexity index is 423. The van der Waals surface area contributed by atoms with Crippen molar-refractivity contribution >= 4 is 11.8 Å². The van der Waals surface area contributed by atoms with Gasteiger partial charge in [-0.2, -0.15) is 0 Å². The van der Waals surface area contributed by atoms with E-state index in [9.17, 15) is 18.4 Å². The molecule has 0 fully saturated rings. The summed E-state index contributed by atoms with van der Waals surface area (Å²) in [7, 11) is 1.51. The summed E-state index contributed by atoms with van der Waals surface area (Å²) in [6.45, 7) is -0.0781. The second-order valence-corrected chi connectivity index (χ2v) is 3.07. The number of carboxylic acids is 1. The highest BCUT2D eigenvalue weighted by Crippen LogP contribution is 2.15. The maximum atomic E-state index is 13.2. The monoisotopic (exact) mass is 229 g/mol. The molecule has 0 aromatic heterocycles. The van der Waals surface area contributed by atoms with E-state index < -0.39 is 29.0 Å². The van der Waals surface area contributed by atoms with Crippen molar-refractivity contribution in [3.05, 3.63) is 34.9 Å². The summed E-state index contributed by atoms with van der Waals surface area (Å²) in [6.07, 6.45) is 0. The van der Waals surface area contributed by atoms with E-state index >= 15 is 0 Å². The molecule has 6 heteroatoms. The second kappa shape index (κ2) is 4.80. The average molecular weight is 229 g/mol. The van der Waals surface area contributed by atoms with Crippen molar-refractivity contribution in [1.29, 1.82) is 0 Å². The van der Waals surface area contributed by atoms with Gasteiger partial charge >= 0.3 is 5.97 Å². The van der Waals surface area contributed by atoms with Crippen LogP contribution in [0.1, 0.15) is 20.7 Å². The van der Waals surface area contributed by atoms with Crippen molar-refractivity contribution in [2.24, 2.45) is 0 Å². The molecule has 0 bridgehead atoms. The van der Waals surface area contributed by atoms with Gasteiger partial charge in [0.1, 0.15) is 17.2 Å². The van der Waals surface area contributed by atoms with Crippen LogP contribution in [0.4, 0.5) is 8.78 Å². The number of halogens is 2. The van der Waals surface area contributed by atoms with Crippen molar-refractivity contribution in [3.63, 3.8) is 0 Å². The summed E-state index contributed by atoms with van der Waals surface area (Å²) in [4.78, 5) is 21.8. The van der Waals surface area contributed by atoms with Crippen LogP contribution in [0.3, 0.4) is 0 Å². The number of hydrogen-bond acceptors (Lipinski definition) is 3. The zero-order valence-electron chi connectivity index (χ0n) is 8.38. The van der Waals surface area contributed by atoms with E-state index in [1.54, 1.807) is 0 Å². The first-order valence-corrected chi connectivity index (χ1v) is 4.37. The van der Waals surface area contributed by atoms with Crippen molar-refractivity contribution in [2.75, 3.05) is 13.6 Å². The number of aromatic carboxylic acids is 1. The Hall–Kier alpha value is -1.82. The number of hydrogen-bond donors (Lipinski definition) is 2. The summed E-state index contributed by atoms with van der Waals surface area (Å²) in [5.41, 5.74) is -1.25. The van der Waals surface area contributed by atoms with Gasteiger partial charge in [-0.05, 0) is 19.2 Å². The standard InChI is InChI=1S/C10H9F2NO3/c1-13-4-8(14)5-2-6(11)9(10(15)16)7(12)3-5/h2-3,13H,4H2,1H3,(H,15,16). The smallest absolute Gasteiger partial charge is 0.341 e. The molecule has 2 N–H and O–H groups in total. The molecular weight excluding hydrogens is 220 g/mol. The lowest BCUT2D eigenvalue weighted by Gasteiger charge is -2.04. The highest BCUT2D eigenvalue weighted by Gasteiger charge is 2.19. The maximum Gasteiger partial charge on any atom is 0.341 e. The normalized spacial score (nSPS) is 10.2. The predicted molar refractivity (Wildman–Crippen MR) is 51.6 cm³/mol. The third-order valence-corrected chi connectivity index (χ3v) is 1.92. The van der Waals surface area contributed by atoms with Gasteiger partial charge in [0.05, 0.1) is 6.54 Å². The van der Waals surface area contributed by atoms with E-state index in [4.69, 9.17) is 5.11 Å². The van der Waals surface area contributed by atoms with E-state index in [1.165, 1.54) is 7.05 Å². The largest absolute Gasteiger partial charge is 0.477 e. The summed E-state index contributed by atoms with van der Waals surface area (Å²) in [5, 5.41) is 11.0. The Morgan fingerprint density at radius 2 is 1.81 bits per heavy atom. The average Bonchev–Trinajstić information content (AvgIpc) is 2.16. The van der Waals surface area contributed by atoms with Gasteiger partial charge in [0.2, 0.25) is 0 Å². The van der Waals surface area contributed by atoms with Crippen LogP contribution in [0, 0.1) is 11.6 Å². The Kier molecular flexibility index (Phi) is 3.68. The van der Waals surface area contributed by atoms with Gasteiger partial charge in [-0.15, -0.1) is 0 Å². The van der Waals surface area contributed by atoms with E-state index in [2.05, 4.69) is 5.32 Å². The molecule has 1 aromatic rings. The highest BCUT2D eigenvalue weighted by molar-refractivity contribution is 5.98. The van der Waals surface area contributed by atoms with Crippen LogP contribution in [-0.4, -0.2) is 30.5 Å². The fourth-order valence-corrected chi connectivity index (χ4v) is 1.20. The lowest BCUT2D eigenvalue weighted by molar-refractivity contribution is 0.0685. The maximum absolute atomic E-state index is 13.2. The number of carbonyl (C=O) groups is 2. The minimum absolute atomic E-state index is 0.0781. The first kappa shape index (κ1) is 12.3. The molecule has 0 aliphatic rings. The molecule has 1 rings (SSSR count). The molecule has 0 radical (unpaired) electrons. The lowest BCUT2D eigenvalue weighted by Crippen LogP contribution is -2.19. The minimum Gasteiger partial charge on any atom is -0.477 e. The van der Waals surface area contributed by atoms with Crippen LogP contribution in [0.5, 0.6) is 0 Å². The molecule has 0 spiro atoms. The molecule has 1 aromatic carbocycles. The van der Waals surface area contributed by atoms with E-state index in [0.29, 0.717) is 12.1 Å². The number of Topliss-reactive ketones (excluding diaryl/α,β-unsaturated/α-hetero) is 1. The molecule has 0 aliphatic heterocycles. The quantitative estimate of drug-likeness (QED) is 0.758. The van der Waals surface area contributed by atoms with Gasteiger partial charge in [-0.25, -0.2) is 13.6 Å². The van der Waals surface area contributed by atoms with Crippen LogP contribution in [0.2, 0.25) is 0 Å². The molecule has 4 nitrogen and oxygen atoms in total. The molecule has 0 unspecified atom stereocenters. The molecule has 0 saturated carbocycles. The van der Waals surface area contributed by atoms with Crippen molar-refractivity contribution < 1.29 is 23.5 Å². The number of likely N-dealkylation sites (N-methyl/N-ethyl adjacent to an activating group) is 1. The summed E-state index contributed by atoms with van der Waals surface area (Å²) >= 11 is 0. The van der Waals surface area contributed by atoms with Crippen molar-refractivity contribution in [2.45, 2.75) is 0 Å². The van der Waals surface area contributed by atoms with Crippen LogP contribution < -0.4 is 5.32 Å². The SMILES string of the molecule is CNCC(=O)c1cc(F)c(C(=O)O)c(F)c1. The number of benzene rings is 1. The fourth-order valence-electron chi connectivity index (χ4n) is 1.20. The second-order valence-electron chi connectivity index (χ2n) is 3.07.